The third-order valence-corrected chi connectivity index (χ3v) is 10.9. The molecule has 6 rings (SSSR count). The first-order valence-corrected chi connectivity index (χ1v) is 17.1. The maximum absolute atomic E-state index is 13.6. The summed E-state index contributed by atoms with van der Waals surface area (Å²) in [5, 5.41) is 14.3. The molecule has 3 aliphatic heterocycles. The van der Waals surface area contributed by atoms with Crippen molar-refractivity contribution in [1.82, 2.24) is 14.8 Å². The first kappa shape index (κ1) is 32.8. The third kappa shape index (κ3) is 6.43. The molecule has 14 heteroatoms. The van der Waals surface area contributed by atoms with Crippen molar-refractivity contribution in [2.24, 2.45) is 16.3 Å². The van der Waals surface area contributed by atoms with E-state index < -0.39 is 17.0 Å². The first-order chi connectivity index (χ1) is 22.2. The number of pyridine rings is 1. The van der Waals surface area contributed by atoms with E-state index in [0.717, 1.165) is 74.9 Å². The van der Waals surface area contributed by atoms with E-state index in [1.165, 1.54) is 11.3 Å². The van der Waals surface area contributed by atoms with Crippen LogP contribution in [0.2, 0.25) is 0 Å². The number of piperazine rings is 1. The number of nitriles is 1. The summed E-state index contributed by atoms with van der Waals surface area (Å²) >= 11 is 1.36. The number of fused-ring (bicyclic) bond motifs is 1. The van der Waals surface area contributed by atoms with E-state index in [4.69, 9.17) is 26.0 Å². The van der Waals surface area contributed by atoms with Crippen molar-refractivity contribution in [3.63, 3.8) is 0 Å². The minimum atomic E-state index is -1.06. The van der Waals surface area contributed by atoms with Crippen molar-refractivity contribution < 1.29 is 19.2 Å². The highest BCUT2D eigenvalue weighted by molar-refractivity contribution is 7.16. The van der Waals surface area contributed by atoms with Gasteiger partial charge in [0.2, 0.25) is 0 Å². The van der Waals surface area contributed by atoms with Crippen LogP contribution in [-0.2, 0) is 26.2 Å². The van der Waals surface area contributed by atoms with Crippen LogP contribution in [0.1, 0.15) is 68.7 Å². The normalized spacial score (nSPS) is 22.9. The Morgan fingerprint density at radius 1 is 1.09 bits per heavy atom. The number of oxime groups is 1. The summed E-state index contributed by atoms with van der Waals surface area (Å²) in [5.74, 6) is 0.206. The molecule has 3 fully saturated rings. The summed E-state index contributed by atoms with van der Waals surface area (Å²) in [5.41, 5.74) is 13.4. The van der Waals surface area contributed by atoms with Crippen molar-refractivity contribution in [2.45, 2.75) is 64.4 Å². The molecule has 1 unspecified atom stereocenters. The number of likely N-dealkylation sites (tertiary alicyclic amines) is 1. The zero-order valence-electron chi connectivity index (χ0n) is 28.0. The number of amides is 1. The zero-order chi connectivity index (χ0) is 33.7. The number of rotatable bonds is 5. The highest BCUT2D eigenvalue weighted by Crippen LogP contribution is 2.46. The van der Waals surface area contributed by atoms with E-state index >= 15 is 0 Å². The molecule has 1 aliphatic carbocycles. The number of aromatic nitrogens is 1. The van der Waals surface area contributed by atoms with Gasteiger partial charge in [0.1, 0.15) is 28.2 Å². The Morgan fingerprint density at radius 2 is 1.81 bits per heavy atom. The van der Waals surface area contributed by atoms with Crippen molar-refractivity contribution in [1.29, 1.82) is 5.26 Å². The highest BCUT2D eigenvalue weighted by atomic mass is 32.1. The average Bonchev–Trinajstić information content (AvgIpc) is 3.60. The number of nitrogens with zero attached hydrogens (tertiary/aromatic N) is 7. The summed E-state index contributed by atoms with van der Waals surface area (Å²) in [6.07, 6.45) is 2.74. The first-order valence-electron chi connectivity index (χ1n) is 16.3. The minimum absolute atomic E-state index is 0.00508. The number of likely N-dealkylation sites (N-methyl/N-ethyl adjacent to an activating group) is 1. The van der Waals surface area contributed by atoms with Gasteiger partial charge in [0.15, 0.2) is 5.84 Å². The van der Waals surface area contributed by atoms with E-state index in [1.54, 1.807) is 11.8 Å². The van der Waals surface area contributed by atoms with Crippen molar-refractivity contribution >= 4 is 45.7 Å². The largest absolute Gasteiger partial charge is 0.444 e. The highest BCUT2D eigenvalue weighted by Gasteiger charge is 2.50. The average molecular weight is 664 g/mol. The molecular formula is C33H45N9O4S. The van der Waals surface area contributed by atoms with Crippen LogP contribution in [-0.4, -0.2) is 97.7 Å². The maximum Gasteiger partial charge on any atom is 0.410 e. The molecule has 1 amide bonds. The van der Waals surface area contributed by atoms with E-state index in [1.807, 2.05) is 26.8 Å². The molecule has 2 aromatic heterocycles. The third-order valence-electron chi connectivity index (χ3n) is 9.82. The lowest BCUT2D eigenvalue weighted by molar-refractivity contribution is -0.150. The molecule has 1 spiro atoms. The molecule has 1 atom stereocenters. The molecule has 4 aliphatic rings. The Morgan fingerprint density at radius 3 is 2.49 bits per heavy atom. The quantitative estimate of drug-likeness (QED) is 0.209. The van der Waals surface area contributed by atoms with Crippen LogP contribution in [0.3, 0.4) is 0 Å². The van der Waals surface area contributed by atoms with Crippen molar-refractivity contribution in [2.75, 3.05) is 74.9 Å². The second-order valence-corrected chi connectivity index (χ2v) is 15.8. The topological polar surface area (TPSA) is 167 Å². The molecule has 0 bridgehead atoms. The number of thiophene rings is 1. The van der Waals surface area contributed by atoms with E-state index in [-0.39, 0.29) is 17.3 Å². The number of carbonyl (C=O) groups is 2. The second-order valence-electron chi connectivity index (χ2n) is 14.7. The van der Waals surface area contributed by atoms with Gasteiger partial charge in [-0.15, -0.1) is 11.3 Å². The number of anilines is 3. The van der Waals surface area contributed by atoms with Gasteiger partial charge in [-0.2, -0.15) is 5.26 Å². The molecule has 2 aromatic rings. The molecular weight excluding hydrogens is 618 g/mol. The number of carbonyl (C=O) groups excluding carboxylic acids is 2. The van der Waals surface area contributed by atoms with Crippen LogP contribution in [0.4, 0.5) is 21.3 Å². The molecule has 4 N–H and O–H groups in total. The summed E-state index contributed by atoms with van der Waals surface area (Å²) in [7, 11) is 2.11. The molecule has 0 radical (unpaired) electrons. The van der Waals surface area contributed by atoms with Crippen LogP contribution in [0.15, 0.2) is 17.3 Å². The lowest BCUT2D eigenvalue weighted by atomic mass is 9.72. The standard InChI is InChI=1S/C33H45N9O4S/c1-31(2,3)45-30(44)42-19-33(20-42)9-10-41(18-33)21-15-23(37-25(16-21)40-13-11-39(5)12-14-40)27(35)38-46-29(43)32(4)8-6-7-24-26(32)22(17-34)28(36)47-24/h15-16H,6-14,18-20,36H2,1-5H3,(H2,35,38). The Hall–Kier alpha value is -4.09. The van der Waals surface area contributed by atoms with Gasteiger partial charge >= 0.3 is 12.1 Å². The Balaban J connectivity index is 1.22. The predicted octanol–water partition coefficient (Wildman–Crippen LogP) is 3.25. The maximum atomic E-state index is 13.6. The second kappa shape index (κ2) is 12.2. The van der Waals surface area contributed by atoms with E-state index in [9.17, 15) is 14.9 Å². The molecule has 47 heavy (non-hydrogen) atoms. The fourth-order valence-corrected chi connectivity index (χ4v) is 8.37. The number of aryl methyl sites for hydroxylation is 1. The van der Waals surface area contributed by atoms with Crippen LogP contribution in [0, 0.1) is 16.7 Å². The van der Waals surface area contributed by atoms with Gasteiger partial charge in [0, 0.05) is 80.0 Å². The van der Waals surface area contributed by atoms with Gasteiger partial charge in [0.05, 0.1) is 11.0 Å². The van der Waals surface area contributed by atoms with Gasteiger partial charge in [-0.05, 0) is 66.5 Å². The number of hydrogen-bond acceptors (Lipinski definition) is 12. The summed E-state index contributed by atoms with van der Waals surface area (Å²) < 4.78 is 5.58. The van der Waals surface area contributed by atoms with E-state index in [0.29, 0.717) is 41.3 Å². The zero-order valence-corrected chi connectivity index (χ0v) is 28.8. The number of ether oxygens (including phenoxy) is 1. The van der Waals surface area contributed by atoms with Crippen LogP contribution >= 0.6 is 11.3 Å². The van der Waals surface area contributed by atoms with Gasteiger partial charge in [0.25, 0.3) is 0 Å². The number of amidine groups is 1. The monoisotopic (exact) mass is 663 g/mol. The lowest BCUT2D eigenvalue weighted by Crippen LogP contribution is -2.60. The molecule has 5 heterocycles. The van der Waals surface area contributed by atoms with Gasteiger partial charge in [-0.3, -0.25) is 0 Å². The molecule has 0 aromatic carbocycles. The summed E-state index contributed by atoms with van der Waals surface area (Å²) in [6.45, 7) is 13.8. The Kier molecular flexibility index (Phi) is 8.50. The SMILES string of the molecule is CN1CCN(c2cc(N3CCC4(CN(C(=O)OC(C)(C)C)C4)C3)cc(/C(N)=N/OC(=O)C3(C)CCCc4sc(N)c(C#N)c43)n2)CC1. The summed E-state index contributed by atoms with van der Waals surface area (Å²) in [4.78, 5) is 46.1. The molecule has 13 nitrogen and oxygen atoms in total. The minimum Gasteiger partial charge on any atom is -0.444 e. The number of nitrogen functional groups attached to an aromatic ring is 1. The van der Waals surface area contributed by atoms with Crippen molar-refractivity contribution in [3.8, 4) is 6.07 Å². The summed E-state index contributed by atoms with van der Waals surface area (Å²) in [6, 6.07) is 6.16. The van der Waals surface area contributed by atoms with Crippen LogP contribution in [0.5, 0.6) is 0 Å². The van der Waals surface area contributed by atoms with Crippen LogP contribution < -0.4 is 21.3 Å². The fraction of sp³-hybridized carbons (Fsp3) is 0.606. The fourth-order valence-electron chi connectivity index (χ4n) is 7.18. The number of nitrogens with two attached hydrogens (primary N) is 2. The van der Waals surface area contributed by atoms with Gasteiger partial charge in [-0.1, -0.05) is 5.16 Å². The molecule has 252 valence electrons. The van der Waals surface area contributed by atoms with Crippen molar-refractivity contribution in [3.05, 3.63) is 33.8 Å². The van der Waals surface area contributed by atoms with Gasteiger partial charge in [-0.25, -0.2) is 14.6 Å². The smallest absolute Gasteiger partial charge is 0.410 e. The van der Waals surface area contributed by atoms with Gasteiger partial charge < -0.3 is 40.6 Å². The lowest BCUT2D eigenvalue weighted by Gasteiger charge is -2.47. The van der Waals surface area contributed by atoms with Crippen LogP contribution in [0.25, 0.3) is 0 Å². The van der Waals surface area contributed by atoms with E-state index in [2.05, 4.69) is 39.0 Å². The molecule has 3 saturated heterocycles. The number of hydrogen-bond donors (Lipinski definition) is 2. The molecule has 0 saturated carbocycles. The predicted molar refractivity (Wildman–Crippen MR) is 182 cm³/mol. The Labute approximate surface area is 280 Å². The Bertz CT molecular complexity index is 1630.